The maximum atomic E-state index is 6.08. The van der Waals surface area contributed by atoms with E-state index < -0.39 is 0 Å². The summed E-state index contributed by atoms with van der Waals surface area (Å²) in [6.07, 6.45) is 0. The minimum absolute atomic E-state index is 0.502. The van der Waals surface area contributed by atoms with E-state index in [9.17, 15) is 0 Å². The number of alkyl halides is 1. The molecule has 0 aliphatic heterocycles. The highest BCUT2D eigenvalue weighted by Gasteiger charge is 2.09. The summed E-state index contributed by atoms with van der Waals surface area (Å²) in [5, 5.41) is 5.40. The summed E-state index contributed by atoms with van der Waals surface area (Å²) >= 11 is 7.80. The van der Waals surface area contributed by atoms with Gasteiger partial charge in [-0.3, -0.25) is 0 Å². The van der Waals surface area contributed by atoms with Crippen molar-refractivity contribution >= 4 is 39.7 Å². The Hall–Kier alpha value is -1.58. The highest BCUT2D eigenvalue weighted by molar-refractivity contribution is 7.07. The van der Waals surface area contributed by atoms with Crippen LogP contribution in [0, 0.1) is 0 Å². The number of anilines is 1. The first-order valence-corrected chi connectivity index (χ1v) is 7.92. The second-order valence-electron chi connectivity index (χ2n) is 4.78. The van der Waals surface area contributed by atoms with Gasteiger partial charge in [-0.25, -0.2) is 4.98 Å². The quantitative estimate of drug-likeness (QED) is 0.651. The molecule has 3 aromatic rings. The molecule has 0 fully saturated rings. The zero-order chi connectivity index (χ0) is 13.9. The SMILES string of the molecule is CN(Cc1ccsc1)c1cc(CCl)c2ccccc2n1. The molecule has 0 unspecified atom stereocenters. The van der Waals surface area contributed by atoms with E-state index in [0.717, 1.165) is 28.8 Å². The number of fused-ring (bicyclic) bond motifs is 1. The number of hydrogen-bond acceptors (Lipinski definition) is 3. The predicted octanol–water partition coefficient (Wildman–Crippen LogP) is 4.67. The van der Waals surface area contributed by atoms with E-state index in [1.807, 2.05) is 18.2 Å². The molecular formula is C16H15ClN2S. The van der Waals surface area contributed by atoms with Crippen molar-refractivity contribution in [3.8, 4) is 0 Å². The molecule has 4 heteroatoms. The standard InChI is InChI=1S/C16H15ClN2S/c1-19(10-12-6-7-20-11-12)16-8-13(9-17)14-4-2-3-5-15(14)18-16/h2-8,11H,9-10H2,1H3. The van der Waals surface area contributed by atoms with Crippen molar-refractivity contribution in [2.45, 2.75) is 12.4 Å². The molecule has 1 aromatic carbocycles. The number of benzene rings is 1. The molecule has 0 aliphatic carbocycles. The topological polar surface area (TPSA) is 16.1 Å². The van der Waals surface area contributed by atoms with E-state index in [0.29, 0.717) is 5.88 Å². The molecule has 0 N–H and O–H groups in total. The molecule has 0 saturated carbocycles. The predicted molar refractivity (Wildman–Crippen MR) is 87.7 cm³/mol. The molecule has 0 aliphatic rings. The van der Waals surface area contributed by atoms with Crippen molar-refractivity contribution in [2.24, 2.45) is 0 Å². The lowest BCUT2D eigenvalue weighted by atomic mass is 10.1. The second-order valence-corrected chi connectivity index (χ2v) is 5.83. The van der Waals surface area contributed by atoms with Gasteiger partial charge in [-0.15, -0.1) is 11.6 Å². The fraction of sp³-hybridized carbons (Fsp3) is 0.188. The van der Waals surface area contributed by atoms with Gasteiger partial charge in [-0.2, -0.15) is 11.3 Å². The average molecular weight is 303 g/mol. The number of aromatic nitrogens is 1. The lowest BCUT2D eigenvalue weighted by molar-refractivity contribution is 0.905. The summed E-state index contributed by atoms with van der Waals surface area (Å²) < 4.78 is 0. The molecule has 2 aromatic heterocycles. The Balaban J connectivity index is 1.98. The highest BCUT2D eigenvalue weighted by atomic mass is 35.5. The van der Waals surface area contributed by atoms with E-state index >= 15 is 0 Å². The van der Waals surface area contributed by atoms with Gasteiger partial charge in [0.2, 0.25) is 0 Å². The monoisotopic (exact) mass is 302 g/mol. The van der Waals surface area contributed by atoms with E-state index in [1.165, 1.54) is 5.56 Å². The zero-order valence-electron chi connectivity index (χ0n) is 11.2. The average Bonchev–Trinajstić information content (AvgIpc) is 2.99. The van der Waals surface area contributed by atoms with Gasteiger partial charge >= 0.3 is 0 Å². The summed E-state index contributed by atoms with van der Waals surface area (Å²) in [7, 11) is 2.06. The van der Waals surface area contributed by atoms with Crippen LogP contribution in [0.2, 0.25) is 0 Å². The Morgan fingerprint density at radius 1 is 1.25 bits per heavy atom. The third-order valence-electron chi connectivity index (χ3n) is 3.32. The van der Waals surface area contributed by atoms with Gasteiger partial charge in [0.15, 0.2) is 0 Å². The second kappa shape index (κ2) is 5.81. The Bertz CT molecular complexity index is 710. The number of hydrogen-bond donors (Lipinski definition) is 0. The summed E-state index contributed by atoms with van der Waals surface area (Å²) in [6, 6.07) is 12.4. The Labute approximate surface area is 127 Å². The summed E-state index contributed by atoms with van der Waals surface area (Å²) in [4.78, 5) is 6.89. The van der Waals surface area contributed by atoms with Crippen molar-refractivity contribution in [1.29, 1.82) is 0 Å². The molecule has 102 valence electrons. The number of para-hydroxylation sites is 1. The Morgan fingerprint density at radius 3 is 2.85 bits per heavy atom. The number of nitrogens with zero attached hydrogens (tertiary/aromatic N) is 2. The summed E-state index contributed by atoms with van der Waals surface area (Å²) in [5.41, 5.74) is 3.43. The van der Waals surface area contributed by atoms with Crippen LogP contribution < -0.4 is 4.90 Å². The van der Waals surface area contributed by atoms with Gasteiger partial charge in [-0.05, 0) is 40.1 Å². The van der Waals surface area contributed by atoms with Gasteiger partial charge in [0.25, 0.3) is 0 Å². The number of pyridine rings is 1. The lowest BCUT2D eigenvalue weighted by Crippen LogP contribution is -2.17. The zero-order valence-corrected chi connectivity index (χ0v) is 12.8. The lowest BCUT2D eigenvalue weighted by Gasteiger charge is -2.19. The molecule has 2 heterocycles. The molecule has 20 heavy (non-hydrogen) atoms. The largest absolute Gasteiger partial charge is 0.355 e. The van der Waals surface area contributed by atoms with Crippen molar-refractivity contribution < 1.29 is 0 Å². The van der Waals surface area contributed by atoms with E-state index in [4.69, 9.17) is 16.6 Å². The van der Waals surface area contributed by atoms with E-state index in [-0.39, 0.29) is 0 Å². The first-order chi connectivity index (χ1) is 9.78. The fourth-order valence-corrected chi connectivity index (χ4v) is 3.16. The minimum atomic E-state index is 0.502. The molecule has 0 atom stereocenters. The molecule has 0 bridgehead atoms. The van der Waals surface area contributed by atoms with Crippen LogP contribution in [0.3, 0.4) is 0 Å². The molecule has 0 amide bonds. The van der Waals surface area contributed by atoms with Gasteiger partial charge in [0, 0.05) is 24.9 Å². The molecule has 0 radical (unpaired) electrons. The van der Waals surface area contributed by atoms with Crippen LogP contribution in [0.4, 0.5) is 5.82 Å². The minimum Gasteiger partial charge on any atom is -0.355 e. The number of halogens is 1. The molecule has 0 spiro atoms. The summed E-state index contributed by atoms with van der Waals surface area (Å²) in [5.74, 6) is 1.47. The van der Waals surface area contributed by atoms with Crippen molar-refractivity contribution in [3.05, 3.63) is 58.3 Å². The first kappa shape index (κ1) is 13.4. The smallest absolute Gasteiger partial charge is 0.129 e. The number of rotatable bonds is 4. The molecule has 2 nitrogen and oxygen atoms in total. The van der Waals surface area contributed by atoms with E-state index in [2.05, 4.69) is 40.9 Å². The fourth-order valence-electron chi connectivity index (χ4n) is 2.28. The van der Waals surface area contributed by atoms with Crippen LogP contribution in [-0.2, 0) is 12.4 Å². The van der Waals surface area contributed by atoms with Crippen LogP contribution in [-0.4, -0.2) is 12.0 Å². The van der Waals surface area contributed by atoms with E-state index in [1.54, 1.807) is 11.3 Å². The third kappa shape index (κ3) is 2.65. The van der Waals surface area contributed by atoms with Crippen LogP contribution in [0.1, 0.15) is 11.1 Å². The van der Waals surface area contributed by atoms with Crippen LogP contribution >= 0.6 is 22.9 Å². The maximum absolute atomic E-state index is 6.08. The van der Waals surface area contributed by atoms with Gasteiger partial charge in [0.1, 0.15) is 5.82 Å². The molecule has 0 saturated heterocycles. The van der Waals surface area contributed by atoms with Crippen molar-refractivity contribution in [2.75, 3.05) is 11.9 Å². The highest BCUT2D eigenvalue weighted by Crippen LogP contribution is 2.24. The Morgan fingerprint density at radius 2 is 2.10 bits per heavy atom. The maximum Gasteiger partial charge on any atom is 0.129 e. The number of thiophene rings is 1. The van der Waals surface area contributed by atoms with Crippen LogP contribution in [0.5, 0.6) is 0 Å². The normalized spacial score (nSPS) is 10.9. The van der Waals surface area contributed by atoms with Crippen molar-refractivity contribution in [3.63, 3.8) is 0 Å². The van der Waals surface area contributed by atoms with Gasteiger partial charge < -0.3 is 4.90 Å². The Kier molecular flexibility index (Phi) is 3.90. The van der Waals surface area contributed by atoms with Gasteiger partial charge in [0.05, 0.1) is 5.52 Å². The third-order valence-corrected chi connectivity index (χ3v) is 4.34. The molecule has 3 rings (SSSR count). The van der Waals surface area contributed by atoms with Crippen LogP contribution in [0.25, 0.3) is 10.9 Å². The molecular weight excluding hydrogens is 288 g/mol. The first-order valence-electron chi connectivity index (χ1n) is 6.45. The van der Waals surface area contributed by atoms with Crippen LogP contribution in [0.15, 0.2) is 47.2 Å². The summed E-state index contributed by atoms with van der Waals surface area (Å²) in [6.45, 7) is 0.858. The van der Waals surface area contributed by atoms with Crippen molar-refractivity contribution in [1.82, 2.24) is 4.98 Å². The van der Waals surface area contributed by atoms with Gasteiger partial charge in [-0.1, -0.05) is 18.2 Å².